The Bertz CT molecular complexity index is 125. The van der Waals surface area contributed by atoms with E-state index in [1.54, 1.807) is 0 Å². The molecule has 103 valence electrons. The third-order valence-electron chi connectivity index (χ3n) is 4.10. The summed E-state index contributed by atoms with van der Waals surface area (Å²) in [4.78, 5) is 0. The Morgan fingerprint density at radius 2 is 1.00 bits per heavy atom. The summed E-state index contributed by atoms with van der Waals surface area (Å²) in [6.45, 7) is 4.60. The average molecular weight is 318 g/mol. The predicted octanol–water partition coefficient (Wildman–Crippen LogP) is 6.55. The van der Waals surface area contributed by atoms with E-state index in [0.29, 0.717) is 0 Å². The summed E-state index contributed by atoms with van der Waals surface area (Å²) in [7, 11) is 9.72. The molecule has 0 atom stereocenters. The second-order valence-corrected chi connectivity index (χ2v) is 7.49. The molecule has 2 aliphatic carbocycles. The molecule has 0 aliphatic heterocycles. The molecule has 0 saturated heterocycles. The molecule has 2 saturated carbocycles. The molecule has 0 aromatic heterocycles. The molecule has 0 aromatic carbocycles. The second kappa shape index (κ2) is 13.6. The molecule has 0 radical (unpaired) electrons. The van der Waals surface area contributed by atoms with Gasteiger partial charge in [-0.3, -0.25) is 0 Å². The third kappa shape index (κ3) is 10.7. The van der Waals surface area contributed by atoms with Gasteiger partial charge in [0.25, 0.3) is 0 Å². The van der Waals surface area contributed by atoms with Gasteiger partial charge < -0.3 is 0 Å². The molecule has 2 aliphatic rings. The molecule has 3 heteroatoms. The monoisotopic (exact) mass is 317 g/mol. The van der Waals surface area contributed by atoms with Crippen LogP contribution in [0, 0.1) is 11.8 Å². The van der Waals surface area contributed by atoms with Crippen LogP contribution < -0.4 is 0 Å². The summed E-state index contributed by atoms with van der Waals surface area (Å²) in [5.74, 6) is 2.19. The van der Waals surface area contributed by atoms with Gasteiger partial charge in [0.1, 0.15) is 0 Å². The zero-order chi connectivity index (χ0) is 12.9. The van der Waals surface area contributed by atoms with Crippen LogP contribution in [0.2, 0.25) is 0 Å². The van der Waals surface area contributed by atoms with Gasteiger partial charge in [0.15, 0.2) is 0 Å². The van der Waals surface area contributed by atoms with E-state index in [-0.39, 0.29) is 14.4 Å². The molecule has 0 spiro atoms. The Balaban J connectivity index is 0.000000247. The quantitative estimate of drug-likeness (QED) is 0.541. The summed E-state index contributed by atoms with van der Waals surface area (Å²) in [6.07, 6.45) is 14.9. The fourth-order valence-corrected chi connectivity index (χ4v) is 2.84. The van der Waals surface area contributed by atoms with E-state index in [1.165, 1.54) is 64.2 Å². The molecule has 0 unspecified atom stereocenters. The van der Waals surface area contributed by atoms with Crippen LogP contribution in [-0.2, 0) is 14.4 Å². The molecule has 0 amide bonds. The number of hydrogen-bond donors (Lipinski definition) is 0. The average Bonchev–Trinajstić information content (AvgIpc) is 3.04. The first kappa shape index (κ1) is 18.2. The molecular weight excluding hydrogens is 290 g/mol. The molecule has 0 nitrogen and oxygen atoms in total. The zero-order valence-corrected chi connectivity index (χ0v) is 14.3. The maximum absolute atomic E-state index is 4.86. The van der Waals surface area contributed by atoms with Crippen LogP contribution in [0.25, 0.3) is 0 Å². The van der Waals surface area contributed by atoms with Gasteiger partial charge in [-0.25, -0.2) is 0 Å². The first-order chi connectivity index (χ1) is 8.28. The van der Waals surface area contributed by atoms with Crippen molar-refractivity contribution in [3.8, 4) is 0 Å². The molecule has 0 heterocycles. The van der Waals surface area contributed by atoms with Gasteiger partial charge in [-0.15, -0.1) is 0 Å². The fraction of sp³-hybridized carbons (Fsp3) is 1.00. The summed E-state index contributed by atoms with van der Waals surface area (Å²) >= 11 is -0.368. The summed E-state index contributed by atoms with van der Waals surface area (Å²) in [5, 5.41) is 0. The van der Waals surface area contributed by atoms with E-state index in [9.17, 15) is 0 Å². The first-order valence-corrected chi connectivity index (χ1v) is 11.0. The van der Waals surface area contributed by atoms with Crippen molar-refractivity contribution in [3.63, 3.8) is 0 Å². The van der Waals surface area contributed by atoms with Crippen molar-refractivity contribution in [2.45, 2.75) is 78.1 Å². The van der Waals surface area contributed by atoms with Crippen LogP contribution in [0.1, 0.15) is 78.1 Å². The minimum absolute atomic E-state index is 0.368. The normalized spacial score (nSPS) is 20.2. The third-order valence-corrected chi connectivity index (χ3v) is 4.10. The molecule has 2 fully saturated rings. The molecule has 2 rings (SSSR count). The van der Waals surface area contributed by atoms with E-state index in [4.69, 9.17) is 19.7 Å². The van der Waals surface area contributed by atoms with E-state index < -0.39 is 0 Å². The summed E-state index contributed by atoms with van der Waals surface area (Å²) in [6, 6.07) is 0. The Labute approximate surface area is 123 Å². The van der Waals surface area contributed by atoms with Crippen LogP contribution in [0.3, 0.4) is 0 Å². The van der Waals surface area contributed by atoms with Crippen molar-refractivity contribution in [1.29, 1.82) is 0 Å². The van der Waals surface area contributed by atoms with Crippen molar-refractivity contribution in [2.75, 3.05) is 0 Å². The Hall–Kier alpha value is 1.16. The second-order valence-electron chi connectivity index (χ2n) is 5.18. The summed E-state index contributed by atoms with van der Waals surface area (Å²) < 4.78 is 0. The van der Waals surface area contributed by atoms with Crippen molar-refractivity contribution in [2.24, 2.45) is 11.8 Å². The SMILES string of the molecule is CCC1CCCC1.CCC1CCCC1.[Cl][V][Cl]. The van der Waals surface area contributed by atoms with E-state index in [1.807, 2.05) is 0 Å². The van der Waals surface area contributed by atoms with Gasteiger partial charge in [0.05, 0.1) is 0 Å². The Kier molecular flexibility index (Phi) is 14.5. The van der Waals surface area contributed by atoms with Gasteiger partial charge in [0.2, 0.25) is 0 Å². The molecule has 0 bridgehead atoms. The zero-order valence-electron chi connectivity index (χ0n) is 11.4. The molecule has 0 N–H and O–H groups in total. The van der Waals surface area contributed by atoms with Crippen LogP contribution >= 0.6 is 19.7 Å². The standard InChI is InChI=1S/2C7H14.2ClH.V/c2*1-2-7-5-3-4-6-7;;;/h2*7H,2-6H2,1H3;2*1H;/q;;;;+2/p-2. The number of halogens is 2. The van der Waals surface area contributed by atoms with Crippen LogP contribution in [0.4, 0.5) is 0 Å². The summed E-state index contributed by atoms with van der Waals surface area (Å²) in [5.41, 5.74) is 0. The van der Waals surface area contributed by atoms with Gasteiger partial charge in [0, 0.05) is 0 Å². The van der Waals surface area contributed by atoms with Gasteiger partial charge in [-0.2, -0.15) is 0 Å². The van der Waals surface area contributed by atoms with Crippen LogP contribution in [0.15, 0.2) is 0 Å². The molecular formula is C14H28Cl2V. The van der Waals surface area contributed by atoms with Crippen molar-refractivity contribution < 1.29 is 14.4 Å². The molecule has 0 aromatic rings. The van der Waals surface area contributed by atoms with Crippen molar-refractivity contribution in [1.82, 2.24) is 0 Å². The fourth-order valence-electron chi connectivity index (χ4n) is 2.84. The van der Waals surface area contributed by atoms with E-state index >= 15 is 0 Å². The molecule has 17 heavy (non-hydrogen) atoms. The number of rotatable bonds is 2. The Morgan fingerprint density at radius 1 is 0.765 bits per heavy atom. The van der Waals surface area contributed by atoms with Gasteiger partial charge in [-0.1, -0.05) is 78.1 Å². The minimum atomic E-state index is -0.368. The van der Waals surface area contributed by atoms with Crippen molar-refractivity contribution in [3.05, 3.63) is 0 Å². The van der Waals surface area contributed by atoms with Crippen molar-refractivity contribution >= 4 is 19.7 Å². The van der Waals surface area contributed by atoms with Gasteiger partial charge in [-0.05, 0) is 11.8 Å². The Morgan fingerprint density at radius 3 is 1.12 bits per heavy atom. The maximum atomic E-state index is 4.86. The van der Waals surface area contributed by atoms with E-state index in [2.05, 4.69) is 13.8 Å². The number of hydrogen-bond acceptors (Lipinski definition) is 0. The first-order valence-electron chi connectivity index (χ1n) is 7.20. The van der Waals surface area contributed by atoms with Gasteiger partial charge >= 0.3 is 34.1 Å². The topological polar surface area (TPSA) is 0 Å². The van der Waals surface area contributed by atoms with Crippen LogP contribution in [0.5, 0.6) is 0 Å². The van der Waals surface area contributed by atoms with Crippen LogP contribution in [-0.4, -0.2) is 0 Å². The predicted molar refractivity (Wildman–Crippen MR) is 76.2 cm³/mol. The van der Waals surface area contributed by atoms with E-state index in [0.717, 1.165) is 11.8 Å².